The van der Waals surface area contributed by atoms with E-state index in [0.29, 0.717) is 24.3 Å². The molecule has 0 aliphatic carbocycles. The lowest BCUT2D eigenvalue weighted by Crippen LogP contribution is -2.40. The molecule has 5 heteroatoms. The summed E-state index contributed by atoms with van der Waals surface area (Å²) < 4.78 is 24.2. The first-order valence-corrected chi connectivity index (χ1v) is 6.25. The Balaban J connectivity index is 2.04. The third kappa shape index (κ3) is 3.36. The minimum absolute atomic E-state index is 0.0831. The molecule has 0 fully saturated rings. The zero-order chi connectivity index (χ0) is 14.0. The molecule has 0 saturated heterocycles. The normalized spacial score (nSPS) is 13.7. The van der Waals surface area contributed by atoms with Gasteiger partial charge in [-0.3, -0.25) is 0 Å². The lowest BCUT2D eigenvalue weighted by molar-refractivity contribution is 0.130. The average Bonchev–Trinajstić information content (AvgIpc) is 2.73. The first kappa shape index (κ1) is 13.6. The first-order chi connectivity index (χ1) is 8.87. The number of alkyl carbamates (subject to hydrolysis) is 1. The number of carbonyl (C=O) groups excluding carboxylic acids is 1. The van der Waals surface area contributed by atoms with Gasteiger partial charge in [-0.2, -0.15) is 0 Å². The zero-order valence-corrected chi connectivity index (χ0v) is 11.4. The molecular weight excluding hydrogens is 249 g/mol. The average molecular weight is 267 g/mol. The Hall–Kier alpha value is -1.78. The molecule has 0 aromatic heterocycles. The Labute approximate surface area is 111 Å². The molecule has 0 saturated carbocycles. The maximum Gasteiger partial charge on any atom is 0.407 e. The van der Waals surface area contributed by atoms with E-state index in [1.807, 2.05) is 20.8 Å². The van der Waals surface area contributed by atoms with Gasteiger partial charge in [0.2, 0.25) is 0 Å². The molecule has 19 heavy (non-hydrogen) atoms. The number of ether oxygens (including phenoxy) is 2. The second kappa shape index (κ2) is 5.07. The van der Waals surface area contributed by atoms with E-state index in [2.05, 4.69) is 5.32 Å². The standard InChI is InChI=1S/C14H18FNO3/c1-14(2,3)16-13(17)19-8-10-9-6-7-18-12(9)5-4-11(10)15/h4-5H,6-8H2,1-3H3,(H,16,17). The van der Waals surface area contributed by atoms with Crippen LogP contribution >= 0.6 is 0 Å². The predicted octanol–water partition coefficient (Wildman–Crippen LogP) is 2.79. The summed E-state index contributed by atoms with van der Waals surface area (Å²) >= 11 is 0. The van der Waals surface area contributed by atoms with Crippen LogP contribution in [-0.2, 0) is 17.8 Å². The maximum absolute atomic E-state index is 13.8. The van der Waals surface area contributed by atoms with Gasteiger partial charge >= 0.3 is 6.09 Å². The van der Waals surface area contributed by atoms with Crippen molar-refractivity contribution < 1.29 is 18.7 Å². The topological polar surface area (TPSA) is 47.6 Å². The second-order valence-corrected chi connectivity index (χ2v) is 5.55. The molecule has 1 N–H and O–H groups in total. The smallest absolute Gasteiger partial charge is 0.407 e. The van der Waals surface area contributed by atoms with E-state index in [1.54, 1.807) is 6.07 Å². The summed E-state index contributed by atoms with van der Waals surface area (Å²) in [4.78, 5) is 11.6. The SMILES string of the molecule is CC(C)(C)NC(=O)OCc1c(F)ccc2c1CCO2. The van der Waals surface area contributed by atoms with Crippen LogP contribution in [0.5, 0.6) is 5.75 Å². The van der Waals surface area contributed by atoms with Crippen molar-refractivity contribution in [3.63, 3.8) is 0 Å². The van der Waals surface area contributed by atoms with Crippen LogP contribution in [0.25, 0.3) is 0 Å². The molecule has 4 nitrogen and oxygen atoms in total. The molecule has 1 aliphatic rings. The fraction of sp³-hybridized carbons (Fsp3) is 0.500. The summed E-state index contributed by atoms with van der Waals surface area (Å²) in [6.45, 7) is 6.01. The quantitative estimate of drug-likeness (QED) is 0.896. The van der Waals surface area contributed by atoms with Crippen LogP contribution < -0.4 is 10.1 Å². The number of hydrogen-bond acceptors (Lipinski definition) is 3. The summed E-state index contributed by atoms with van der Waals surface area (Å²) in [7, 11) is 0. The second-order valence-electron chi connectivity index (χ2n) is 5.55. The van der Waals surface area contributed by atoms with Gasteiger partial charge in [0.05, 0.1) is 6.61 Å². The van der Waals surface area contributed by atoms with E-state index < -0.39 is 6.09 Å². The third-order valence-corrected chi connectivity index (χ3v) is 2.77. The number of nitrogens with one attached hydrogen (secondary N) is 1. The van der Waals surface area contributed by atoms with Crippen molar-refractivity contribution in [2.75, 3.05) is 6.61 Å². The van der Waals surface area contributed by atoms with Crippen molar-refractivity contribution in [1.29, 1.82) is 0 Å². The number of carbonyl (C=O) groups is 1. The monoisotopic (exact) mass is 267 g/mol. The Morgan fingerprint density at radius 1 is 1.47 bits per heavy atom. The van der Waals surface area contributed by atoms with Crippen molar-refractivity contribution in [2.45, 2.75) is 39.3 Å². The minimum Gasteiger partial charge on any atom is -0.493 e. The van der Waals surface area contributed by atoms with Gasteiger partial charge in [0, 0.05) is 23.1 Å². The van der Waals surface area contributed by atoms with Crippen molar-refractivity contribution in [3.8, 4) is 5.75 Å². The van der Waals surface area contributed by atoms with E-state index in [4.69, 9.17) is 9.47 Å². The summed E-state index contributed by atoms with van der Waals surface area (Å²) in [5, 5.41) is 2.66. The number of benzene rings is 1. The first-order valence-electron chi connectivity index (χ1n) is 6.25. The van der Waals surface area contributed by atoms with Crippen LogP contribution in [0.1, 0.15) is 31.9 Å². The van der Waals surface area contributed by atoms with Gasteiger partial charge in [-0.05, 0) is 32.9 Å². The maximum atomic E-state index is 13.8. The Morgan fingerprint density at radius 3 is 2.89 bits per heavy atom. The minimum atomic E-state index is -0.552. The molecule has 1 aromatic rings. The molecule has 2 rings (SSSR count). The largest absolute Gasteiger partial charge is 0.493 e. The van der Waals surface area contributed by atoms with E-state index in [0.717, 1.165) is 5.56 Å². The molecule has 1 aliphatic heterocycles. The molecule has 0 bridgehead atoms. The fourth-order valence-electron chi connectivity index (χ4n) is 1.95. The fourth-order valence-corrected chi connectivity index (χ4v) is 1.95. The van der Waals surface area contributed by atoms with Crippen LogP contribution in [0.2, 0.25) is 0 Å². The van der Waals surface area contributed by atoms with Crippen LogP contribution in [0.3, 0.4) is 0 Å². The van der Waals surface area contributed by atoms with Gasteiger partial charge in [0.25, 0.3) is 0 Å². The molecule has 0 radical (unpaired) electrons. The number of halogens is 1. The molecule has 1 aromatic carbocycles. The molecular formula is C14H18FNO3. The highest BCUT2D eigenvalue weighted by molar-refractivity contribution is 5.68. The zero-order valence-electron chi connectivity index (χ0n) is 11.4. The number of rotatable bonds is 2. The van der Waals surface area contributed by atoms with Crippen molar-refractivity contribution in [2.24, 2.45) is 0 Å². The summed E-state index contributed by atoms with van der Waals surface area (Å²) in [5.74, 6) is 0.309. The van der Waals surface area contributed by atoms with E-state index in [-0.39, 0.29) is 18.0 Å². The van der Waals surface area contributed by atoms with Crippen molar-refractivity contribution >= 4 is 6.09 Å². The van der Waals surface area contributed by atoms with Crippen LogP contribution in [0.4, 0.5) is 9.18 Å². The van der Waals surface area contributed by atoms with E-state index >= 15 is 0 Å². The number of amides is 1. The van der Waals surface area contributed by atoms with Gasteiger partial charge in [0.1, 0.15) is 18.2 Å². The summed E-state index contributed by atoms with van der Waals surface area (Å²) in [6, 6.07) is 2.95. The lowest BCUT2D eigenvalue weighted by Gasteiger charge is -2.20. The molecule has 1 heterocycles. The van der Waals surface area contributed by atoms with Crippen molar-refractivity contribution in [3.05, 3.63) is 29.1 Å². The highest BCUT2D eigenvalue weighted by Gasteiger charge is 2.21. The lowest BCUT2D eigenvalue weighted by atomic mass is 10.1. The predicted molar refractivity (Wildman–Crippen MR) is 68.7 cm³/mol. The Kier molecular flexibility index (Phi) is 3.64. The van der Waals surface area contributed by atoms with Crippen molar-refractivity contribution in [1.82, 2.24) is 5.32 Å². The Bertz CT molecular complexity index is 494. The van der Waals surface area contributed by atoms with Gasteiger partial charge in [-0.25, -0.2) is 9.18 Å². The van der Waals surface area contributed by atoms with Crippen LogP contribution in [-0.4, -0.2) is 18.2 Å². The van der Waals surface area contributed by atoms with Crippen LogP contribution in [0, 0.1) is 5.82 Å². The third-order valence-electron chi connectivity index (χ3n) is 2.77. The van der Waals surface area contributed by atoms with Gasteiger partial charge in [0.15, 0.2) is 0 Å². The van der Waals surface area contributed by atoms with Crippen LogP contribution in [0.15, 0.2) is 12.1 Å². The number of fused-ring (bicyclic) bond motifs is 1. The molecule has 0 atom stereocenters. The van der Waals surface area contributed by atoms with E-state index in [9.17, 15) is 9.18 Å². The summed E-state index contributed by atoms with van der Waals surface area (Å²) in [5.41, 5.74) is 0.819. The number of hydrogen-bond donors (Lipinski definition) is 1. The summed E-state index contributed by atoms with van der Waals surface area (Å²) in [6.07, 6.45) is 0.0931. The Morgan fingerprint density at radius 2 is 2.21 bits per heavy atom. The highest BCUT2D eigenvalue weighted by Crippen LogP contribution is 2.30. The van der Waals surface area contributed by atoms with Gasteiger partial charge in [-0.1, -0.05) is 0 Å². The van der Waals surface area contributed by atoms with E-state index in [1.165, 1.54) is 6.07 Å². The van der Waals surface area contributed by atoms with Gasteiger partial charge in [-0.15, -0.1) is 0 Å². The molecule has 1 amide bonds. The molecule has 0 spiro atoms. The van der Waals surface area contributed by atoms with Gasteiger partial charge < -0.3 is 14.8 Å². The molecule has 0 unspecified atom stereocenters. The highest BCUT2D eigenvalue weighted by atomic mass is 19.1. The molecule has 104 valence electrons.